The van der Waals surface area contributed by atoms with Gasteiger partial charge in [-0.3, -0.25) is 4.79 Å². The fourth-order valence-corrected chi connectivity index (χ4v) is 2.61. The number of carbonyl (C=O) groups is 2. The Morgan fingerprint density at radius 2 is 2.27 bits per heavy atom. The lowest BCUT2D eigenvalue weighted by Crippen LogP contribution is -2.44. The molecule has 1 aliphatic heterocycles. The Kier molecular flexibility index (Phi) is 4.90. The van der Waals surface area contributed by atoms with E-state index >= 15 is 0 Å². The molecule has 1 saturated heterocycles. The molecule has 5 nitrogen and oxygen atoms in total. The lowest BCUT2D eigenvalue weighted by atomic mass is 10.2. The second-order valence-electron chi connectivity index (χ2n) is 3.41. The number of aliphatic hydroxyl groups excluding tert-OH is 1. The van der Waals surface area contributed by atoms with Crippen LogP contribution < -0.4 is 5.32 Å². The number of hydrogen-bond donors (Lipinski definition) is 3. The molecule has 1 rings (SSSR count). The van der Waals surface area contributed by atoms with Crippen LogP contribution in [0, 0.1) is 0 Å². The summed E-state index contributed by atoms with van der Waals surface area (Å²) in [6, 6.07) is -0.969. The molecule has 0 spiro atoms. The Labute approximate surface area is 92.2 Å². The summed E-state index contributed by atoms with van der Waals surface area (Å²) in [5.41, 5.74) is 0. The zero-order chi connectivity index (χ0) is 11.3. The lowest BCUT2D eigenvalue weighted by molar-refractivity contribution is -0.142. The van der Waals surface area contributed by atoms with Crippen molar-refractivity contribution in [1.82, 2.24) is 5.32 Å². The molecule has 0 aromatic rings. The summed E-state index contributed by atoms with van der Waals surface area (Å²) in [5, 5.41) is 19.7. The van der Waals surface area contributed by atoms with E-state index in [9.17, 15) is 9.59 Å². The molecule has 0 saturated carbocycles. The molecule has 0 aliphatic carbocycles. The first-order valence-corrected chi connectivity index (χ1v) is 5.95. The van der Waals surface area contributed by atoms with Crippen molar-refractivity contribution in [3.63, 3.8) is 0 Å². The summed E-state index contributed by atoms with van der Waals surface area (Å²) < 4.78 is 0. The van der Waals surface area contributed by atoms with Gasteiger partial charge in [0.05, 0.1) is 5.25 Å². The van der Waals surface area contributed by atoms with Crippen molar-refractivity contribution in [3.05, 3.63) is 0 Å². The molecule has 15 heavy (non-hydrogen) atoms. The summed E-state index contributed by atoms with van der Waals surface area (Å²) in [5.74, 6) is -0.366. The molecule has 2 atom stereocenters. The lowest BCUT2D eigenvalue weighted by Gasteiger charge is -2.15. The predicted molar refractivity (Wildman–Crippen MR) is 56.7 cm³/mol. The summed E-state index contributed by atoms with van der Waals surface area (Å²) in [4.78, 5) is 22.3. The molecule has 1 heterocycles. The number of thioether (sulfide) groups is 1. The summed E-state index contributed by atoms with van der Waals surface area (Å²) in [6.45, 7) is -0.241. The minimum atomic E-state index is -1.10. The average molecular weight is 233 g/mol. The molecule has 86 valence electrons. The van der Waals surface area contributed by atoms with E-state index in [1.165, 1.54) is 0 Å². The number of aliphatic carboxylic acids is 1. The third-order valence-corrected chi connectivity index (χ3v) is 3.63. The van der Waals surface area contributed by atoms with Crippen LogP contribution in [0.1, 0.15) is 19.3 Å². The van der Waals surface area contributed by atoms with E-state index in [-0.39, 0.29) is 24.2 Å². The van der Waals surface area contributed by atoms with Crippen molar-refractivity contribution in [2.45, 2.75) is 30.6 Å². The van der Waals surface area contributed by atoms with E-state index in [4.69, 9.17) is 10.2 Å². The molecule has 1 aliphatic rings. The van der Waals surface area contributed by atoms with Gasteiger partial charge in [0.1, 0.15) is 6.04 Å². The van der Waals surface area contributed by atoms with Gasteiger partial charge in [-0.15, -0.1) is 11.8 Å². The minimum Gasteiger partial charge on any atom is -0.480 e. The Morgan fingerprint density at radius 1 is 1.53 bits per heavy atom. The highest BCUT2D eigenvalue weighted by molar-refractivity contribution is 8.00. The van der Waals surface area contributed by atoms with Gasteiger partial charge < -0.3 is 15.5 Å². The number of carbonyl (C=O) groups excluding carboxylic acids is 1. The van der Waals surface area contributed by atoms with Gasteiger partial charge >= 0.3 is 5.97 Å². The number of nitrogens with one attached hydrogen (secondary N) is 1. The molecular formula is C9H15NO4S. The number of aliphatic hydroxyl groups is 1. The molecule has 0 aromatic carbocycles. The summed E-state index contributed by atoms with van der Waals surface area (Å²) >= 11 is 1.55. The maximum absolute atomic E-state index is 11.6. The fourth-order valence-electron chi connectivity index (χ4n) is 1.44. The van der Waals surface area contributed by atoms with Gasteiger partial charge in [-0.25, -0.2) is 4.79 Å². The van der Waals surface area contributed by atoms with E-state index in [1.807, 2.05) is 0 Å². The van der Waals surface area contributed by atoms with Gasteiger partial charge in [-0.1, -0.05) is 0 Å². The molecule has 0 bridgehead atoms. The molecular weight excluding hydrogens is 218 g/mol. The van der Waals surface area contributed by atoms with Crippen LogP contribution in [0.3, 0.4) is 0 Å². The minimum absolute atomic E-state index is 0.0540. The topological polar surface area (TPSA) is 86.6 Å². The van der Waals surface area contributed by atoms with Crippen LogP contribution >= 0.6 is 11.8 Å². The Bertz CT molecular complexity index is 240. The second-order valence-corrected chi connectivity index (χ2v) is 4.72. The van der Waals surface area contributed by atoms with Crippen LogP contribution in [0.2, 0.25) is 0 Å². The molecule has 6 heteroatoms. The van der Waals surface area contributed by atoms with Crippen LogP contribution in [0.25, 0.3) is 0 Å². The number of amides is 1. The van der Waals surface area contributed by atoms with Crippen LogP contribution in [0.15, 0.2) is 0 Å². The zero-order valence-corrected chi connectivity index (χ0v) is 9.13. The van der Waals surface area contributed by atoms with Crippen LogP contribution in [0.5, 0.6) is 0 Å². The molecule has 1 amide bonds. The average Bonchev–Trinajstić information content (AvgIpc) is 2.69. The summed E-state index contributed by atoms with van der Waals surface area (Å²) in [6.07, 6.45) is 1.86. The quantitative estimate of drug-likeness (QED) is 0.614. The number of carboxylic acid groups (broad SMARTS) is 1. The Balaban J connectivity index is 2.42. The van der Waals surface area contributed by atoms with Gasteiger partial charge in [-0.05, 0) is 18.6 Å². The highest BCUT2D eigenvalue weighted by atomic mass is 32.2. The third kappa shape index (κ3) is 3.71. The summed E-state index contributed by atoms with van der Waals surface area (Å²) in [7, 11) is 0. The smallest absolute Gasteiger partial charge is 0.326 e. The molecule has 3 N–H and O–H groups in total. The number of hydrogen-bond acceptors (Lipinski definition) is 4. The van der Waals surface area contributed by atoms with Crippen LogP contribution in [0.4, 0.5) is 0 Å². The SMILES string of the molecule is O=C(O)C(CCO)NC(=O)C1CCCS1. The maximum atomic E-state index is 11.6. The largest absolute Gasteiger partial charge is 0.480 e. The van der Waals surface area contributed by atoms with Gasteiger partial charge in [0.25, 0.3) is 0 Å². The third-order valence-electron chi connectivity index (χ3n) is 2.25. The molecule has 0 radical (unpaired) electrons. The van der Waals surface area contributed by atoms with Crippen molar-refractivity contribution in [1.29, 1.82) is 0 Å². The highest BCUT2D eigenvalue weighted by Gasteiger charge is 2.27. The van der Waals surface area contributed by atoms with Crippen LogP contribution in [-0.4, -0.2) is 45.7 Å². The van der Waals surface area contributed by atoms with E-state index in [1.54, 1.807) is 11.8 Å². The van der Waals surface area contributed by atoms with E-state index in [0.29, 0.717) is 0 Å². The van der Waals surface area contributed by atoms with Crippen molar-refractivity contribution >= 4 is 23.6 Å². The first kappa shape index (κ1) is 12.3. The first-order valence-electron chi connectivity index (χ1n) is 4.90. The normalized spacial score (nSPS) is 22.3. The van der Waals surface area contributed by atoms with E-state index in [2.05, 4.69) is 5.32 Å². The van der Waals surface area contributed by atoms with Crippen LogP contribution in [-0.2, 0) is 9.59 Å². The van der Waals surface area contributed by atoms with Crippen molar-refractivity contribution < 1.29 is 19.8 Å². The van der Waals surface area contributed by atoms with E-state index in [0.717, 1.165) is 18.6 Å². The van der Waals surface area contributed by atoms with Crippen molar-refractivity contribution in [2.75, 3.05) is 12.4 Å². The van der Waals surface area contributed by atoms with Gasteiger partial charge in [0, 0.05) is 13.0 Å². The number of rotatable bonds is 5. The predicted octanol–water partition coefficient (Wildman–Crippen LogP) is -0.166. The van der Waals surface area contributed by atoms with Crippen molar-refractivity contribution in [3.8, 4) is 0 Å². The Hall–Kier alpha value is -0.750. The molecule has 2 unspecified atom stereocenters. The van der Waals surface area contributed by atoms with E-state index < -0.39 is 12.0 Å². The second kappa shape index (κ2) is 5.97. The zero-order valence-electron chi connectivity index (χ0n) is 8.31. The molecule has 0 aromatic heterocycles. The fraction of sp³-hybridized carbons (Fsp3) is 0.778. The van der Waals surface area contributed by atoms with Gasteiger partial charge in [-0.2, -0.15) is 0 Å². The maximum Gasteiger partial charge on any atom is 0.326 e. The van der Waals surface area contributed by atoms with Gasteiger partial charge in [0.2, 0.25) is 5.91 Å². The number of carboxylic acids is 1. The van der Waals surface area contributed by atoms with Gasteiger partial charge in [0.15, 0.2) is 0 Å². The standard InChI is InChI=1S/C9H15NO4S/c11-4-3-6(9(13)14)10-8(12)7-2-1-5-15-7/h6-7,11H,1-5H2,(H,10,12)(H,13,14). The Morgan fingerprint density at radius 3 is 2.73 bits per heavy atom. The monoisotopic (exact) mass is 233 g/mol. The highest BCUT2D eigenvalue weighted by Crippen LogP contribution is 2.26. The molecule has 1 fully saturated rings. The first-order chi connectivity index (χ1) is 7.15. The van der Waals surface area contributed by atoms with Crippen molar-refractivity contribution in [2.24, 2.45) is 0 Å².